The molecule has 0 aliphatic heterocycles. The Morgan fingerprint density at radius 3 is 1.96 bits per heavy atom. The smallest absolute Gasteiger partial charge is 0.416 e. The fourth-order valence-electron chi connectivity index (χ4n) is 2.34. The van der Waals surface area contributed by atoms with Crippen LogP contribution in [0.15, 0.2) is 36.4 Å². The molecule has 3 nitrogen and oxygen atoms in total. The van der Waals surface area contributed by atoms with E-state index in [0.29, 0.717) is 30.1 Å². The molecule has 0 saturated heterocycles. The Hall–Kier alpha value is -2.71. The first kappa shape index (κ1) is 20.6. The van der Waals surface area contributed by atoms with Crippen molar-refractivity contribution in [1.29, 1.82) is 0 Å². The summed E-state index contributed by atoms with van der Waals surface area (Å²) in [4.78, 5) is 12.2. The zero-order valence-corrected chi connectivity index (χ0v) is 14.3. The summed E-state index contributed by atoms with van der Waals surface area (Å²) in [6.45, 7) is 3.83. The number of amides is 1. The number of alkyl halides is 6. The normalized spacial score (nSPS) is 12.0. The van der Waals surface area contributed by atoms with Crippen molar-refractivity contribution in [2.45, 2.75) is 26.2 Å². The zero-order valence-electron chi connectivity index (χ0n) is 14.3. The Morgan fingerprint density at radius 1 is 0.963 bits per heavy atom. The van der Waals surface area contributed by atoms with Gasteiger partial charge in [0, 0.05) is 11.3 Å². The van der Waals surface area contributed by atoms with Gasteiger partial charge in [-0.05, 0) is 55.8 Å². The van der Waals surface area contributed by atoms with Crippen LogP contribution in [-0.4, -0.2) is 12.5 Å². The predicted molar refractivity (Wildman–Crippen MR) is 86.7 cm³/mol. The van der Waals surface area contributed by atoms with Crippen LogP contribution in [0.4, 0.5) is 32.0 Å². The summed E-state index contributed by atoms with van der Waals surface area (Å²) in [5, 5.41) is 2.08. The van der Waals surface area contributed by atoms with Crippen LogP contribution >= 0.6 is 0 Å². The molecule has 9 heteroatoms. The van der Waals surface area contributed by atoms with Gasteiger partial charge < -0.3 is 10.1 Å². The molecule has 1 amide bonds. The van der Waals surface area contributed by atoms with Crippen molar-refractivity contribution in [3.63, 3.8) is 0 Å². The van der Waals surface area contributed by atoms with E-state index in [9.17, 15) is 31.1 Å². The number of benzene rings is 2. The molecule has 0 aliphatic rings. The van der Waals surface area contributed by atoms with Crippen LogP contribution in [0.3, 0.4) is 0 Å². The molecule has 27 heavy (non-hydrogen) atoms. The number of nitrogens with one attached hydrogen (secondary N) is 1. The Bertz CT molecular complexity index is 810. The Kier molecular flexibility index (Phi) is 5.72. The van der Waals surface area contributed by atoms with Crippen molar-refractivity contribution < 1.29 is 35.9 Å². The third kappa shape index (κ3) is 5.15. The molecular weight excluding hydrogens is 376 g/mol. The van der Waals surface area contributed by atoms with E-state index in [1.807, 2.05) is 0 Å². The number of hydrogen-bond acceptors (Lipinski definition) is 2. The molecule has 146 valence electrons. The monoisotopic (exact) mass is 391 g/mol. The highest BCUT2D eigenvalue weighted by atomic mass is 19.4. The zero-order chi connectivity index (χ0) is 20.4. The van der Waals surface area contributed by atoms with Gasteiger partial charge in [0.1, 0.15) is 5.75 Å². The van der Waals surface area contributed by atoms with E-state index in [0.717, 1.165) is 0 Å². The number of aryl methyl sites for hydroxylation is 1. The van der Waals surface area contributed by atoms with Crippen LogP contribution in [0.25, 0.3) is 0 Å². The van der Waals surface area contributed by atoms with Gasteiger partial charge >= 0.3 is 12.4 Å². The molecule has 1 N–H and O–H groups in total. The molecule has 0 heterocycles. The summed E-state index contributed by atoms with van der Waals surface area (Å²) in [6.07, 6.45) is -9.98. The SMILES string of the molecule is CCOc1ccc(C(=O)Nc2cc(C(F)(F)F)cc(C(F)(F)F)c2)cc1C. The summed E-state index contributed by atoms with van der Waals surface area (Å²) in [5.74, 6) is -0.318. The van der Waals surface area contributed by atoms with Crippen LogP contribution in [0.2, 0.25) is 0 Å². The average molecular weight is 391 g/mol. The largest absolute Gasteiger partial charge is 0.494 e. The molecule has 0 radical (unpaired) electrons. The van der Waals surface area contributed by atoms with E-state index in [-0.39, 0.29) is 11.6 Å². The molecule has 0 spiro atoms. The Morgan fingerprint density at radius 2 is 1.52 bits per heavy atom. The van der Waals surface area contributed by atoms with Crippen molar-refractivity contribution in [2.75, 3.05) is 11.9 Å². The van der Waals surface area contributed by atoms with Crippen molar-refractivity contribution in [3.8, 4) is 5.75 Å². The number of hydrogen-bond donors (Lipinski definition) is 1. The van der Waals surface area contributed by atoms with E-state index < -0.39 is 35.1 Å². The number of carbonyl (C=O) groups excluding carboxylic acids is 1. The van der Waals surface area contributed by atoms with Gasteiger partial charge in [-0.2, -0.15) is 26.3 Å². The highest BCUT2D eigenvalue weighted by Gasteiger charge is 2.37. The van der Waals surface area contributed by atoms with Gasteiger partial charge in [0.25, 0.3) is 5.91 Å². The predicted octanol–water partition coefficient (Wildman–Crippen LogP) is 5.68. The maximum absolute atomic E-state index is 12.9. The minimum absolute atomic E-state index is 0.00329. The summed E-state index contributed by atoms with van der Waals surface area (Å²) >= 11 is 0. The number of anilines is 1. The lowest BCUT2D eigenvalue weighted by Crippen LogP contribution is -2.16. The van der Waals surface area contributed by atoms with Gasteiger partial charge in [-0.1, -0.05) is 0 Å². The Balaban J connectivity index is 2.36. The van der Waals surface area contributed by atoms with Crippen molar-refractivity contribution in [1.82, 2.24) is 0 Å². The quantitative estimate of drug-likeness (QED) is 0.681. The third-order valence-corrected chi connectivity index (χ3v) is 3.58. The fourth-order valence-corrected chi connectivity index (χ4v) is 2.34. The maximum atomic E-state index is 12.9. The standard InChI is InChI=1S/C18H15F6NO2/c1-3-27-15-5-4-11(6-10(15)2)16(26)25-14-8-12(17(19,20)21)7-13(9-14)18(22,23)24/h4-9H,3H2,1-2H3,(H,25,26). The first-order chi connectivity index (χ1) is 12.4. The van der Waals surface area contributed by atoms with Crippen molar-refractivity contribution in [3.05, 3.63) is 58.7 Å². The summed E-state index contributed by atoms with van der Waals surface area (Å²) < 4.78 is 82.5. The number of carbonyl (C=O) groups is 1. The number of ether oxygens (including phenoxy) is 1. The highest BCUT2D eigenvalue weighted by molar-refractivity contribution is 6.04. The van der Waals surface area contributed by atoms with Crippen LogP contribution in [0.5, 0.6) is 5.75 Å². The van der Waals surface area contributed by atoms with Gasteiger partial charge in [0.05, 0.1) is 17.7 Å². The van der Waals surface area contributed by atoms with E-state index in [4.69, 9.17) is 4.74 Å². The van der Waals surface area contributed by atoms with Crippen molar-refractivity contribution in [2.24, 2.45) is 0 Å². The minimum Gasteiger partial charge on any atom is -0.494 e. The fraction of sp³-hybridized carbons (Fsp3) is 0.278. The van der Waals surface area contributed by atoms with Crippen LogP contribution in [0.1, 0.15) is 34.0 Å². The molecule has 0 saturated carbocycles. The molecular formula is C18H15F6NO2. The molecule has 2 aromatic rings. The minimum atomic E-state index is -4.99. The summed E-state index contributed by atoms with van der Waals surface area (Å²) in [5.41, 5.74) is -2.94. The topological polar surface area (TPSA) is 38.3 Å². The summed E-state index contributed by atoms with van der Waals surface area (Å²) in [7, 11) is 0. The second kappa shape index (κ2) is 7.50. The lowest BCUT2D eigenvalue weighted by molar-refractivity contribution is -0.143. The molecule has 0 aromatic heterocycles. The lowest BCUT2D eigenvalue weighted by atomic mass is 10.1. The molecule has 0 unspecified atom stereocenters. The highest BCUT2D eigenvalue weighted by Crippen LogP contribution is 2.37. The first-order valence-corrected chi connectivity index (χ1v) is 7.76. The number of halogens is 6. The molecule has 0 aliphatic carbocycles. The van der Waals surface area contributed by atoms with Gasteiger partial charge in [0.15, 0.2) is 0 Å². The van der Waals surface area contributed by atoms with E-state index >= 15 is 0 Å². The molecule has 0 bridgehead atoms. The lowest BCUT2D eigenvalue weighted by Gasteiger charge is -2.15. The number of rotatable bonds is 4. The van der Waals surface area contributed by atoms with Gasteiger partial charge in [-0.15, -0.1) is 0 Å². The molecule has 2 rings (SSSR count). The van der Waals surface area contributed by atoms with Crippen molar-refractivity contribution >= 4 is 11.6 Å². The second-order valence-electron chi connectivity index (χ2n) is 5.66. The van der Waals surface area contributed by atoms with Crippen LogP contribution in [-0.2, 0) is 12.4 Å². The van der Waals surface area contributed by atoms with E-state index in [2.05, 4.69) is 5.32 Å². The molecule has 0 atom stereocenters. The van der Waals surface area contributed by atoms with Crippen LogP contribution in [0, 0.1) is 6.92 Å². The van der Waals surface area contributed by atoms with Crippen LogP contribution < -0.4 is 10.1 Å². The summed E-state index contributed by atoms with van der Waals surface area (Å²) in [6, 6.07) is 5.20. The molecule has 0 fully saturated rings. The van der Waals surface area contributed by atoms with Gasteiger partial charge in [-0.25, -0.2) is 0 Å². The second-order valence-corrected chi connectivity index (χ2v) is 5.66. The van der Waals surface area contributed by atoms with E-state index in [1.54, 1.807) is 13.8 Å². The first-order valence-electron chi connectivity index (χ1n) is 7.76. The average Bonchev–Trinajstić information content (AvgIpc) is 2.55. The molecule has 2 aromatic carbocycles. The van der Waals surface area contributed by atoms with E-state index in [1.165, 1.54) is 18.2 Å². The third-order valence-electron chi connectivity index (χ3n) is 3.58. The van der Waals surface area contributed by atoms with Gasteiger partial charge in [0.2, 0.25) is 0 Å². The Labute approximate surface area is 150 Å². The maximum Gasteiger partial charge on any atom is 0.416 e. The van der Waals surface area contributed by atoms with Gasteiger partial charge in [-0.3, -0.25) is 4.79 Å².